The van der Waals surface area contributed by atoms with Gasteiger partial charge in [0.1, 0.15) is 5.75 Å². The van der Waals surface area contributed by atoms with Crippen molar-refractivity contribution >= 4 is 33.2 Å². The summed E-state index contributed by atoms with van der Waals surface area (Å²) >= 11 is 5.60. The van der Waals surface area contributed by atoms with Gasteiger partial charge in [0.05, 0.1) is 22.1 Å². The third-order valence-corrected chi connectivity index (χ3v) is 7.38. The zero-order valence-corrected chi connectivity index (χ0v) is 18.7. The predicted molar refractivity (Wildman–Crippen MR) is 114 cm³/mol. The zero-order chi connectivity index (χ0) is 23.5. The molecule has 1 heterocycles. The van der Waals surface area contributed by atoms with E-state index in [2.05, 4.69) is 5.32 Å². The van der Waals surface area contributed by atoms with Crippen LogP contribution in [0.5, 0.6) is 5.75 Å². The average molecular weight is 491 g/mol. The van der Waals surface area contributed by atoms with Crippen LogP contribution in [-0.2, 0) is 21.0 Å². The third kappa shape index (κ3) is 5.54. The lowest BCUT2D eigenvalue weighted by Gasteiger charge is -2.30. The molecule has 1 N–H and O–H groups in total. The SMILES string of the molecule is CCOc1ccc(S(=O)(=O)N2CCC(C(=O)Nc3ccc(Cl)c(C(F)(F)F)c3)CC2)cc1. The number of ether oxygens (including phenoxy) is 1. The summed E-state index contributed by atoms with van der Waals surface area (Å²) < 4.78 is 71.4. The lowest BCUT2D eigenvalue weighted by molar-refractivity contribution is -0.137. The van der Waals surface area contributed by atoms with Crippen LogP contribution in [0, 0.1) is 5.92 Å². The van der Waals surface area contributed by atoms with Gasteiger partial charge in [0, 0.05) is 24.7 Å². The second kappa shape index (κ2) is 9.68. The highest BCUT2D eigenvalue weighted by atomic mass is 35.5. The van der Waals surface area contributed by atoms with Crippen molar-refractivity contribution in [2.24, 2.45) is 5.92 Å². The Hall–Kier alpha value is -2.30. The van der Waals surface area contributed by atoms with Crippen LogP contribution in [0.1, 0.15) is 25.3 Å². The van der Waals surface area contributed by atoms with E-state index in [9.17, 15) is 26.4 Å². The molecular formula is C21H22ClF3N2O4S. The van der Waals surface area contributed by atoms with Gasteiger partial charge in [-0.15, -0.1) is 0 Å². The molecule has 11 heteroatoms. The Morgan fingerprint density at radius 3 is 2.34 bits per heavy atom. The molecule has 6 nitrogen and oxygen atoms in total. The first-order valence-corrected chi connectivity index (χ1v) is 11.7. The first-order valence-electron chi connectivity index (χ1n) is 9.93. The monoisotopic (exact) mass is 490 g/mol. The van der Waals surface area contributed by atoms with Crippen molar-refractivity contribution in [1.82, 2.24) is 4.31 Å². The molecule has 1 amide bonds. The van der Waals surface area contributed by atoms with Crippen LogP contribution in [0.4, 0.5) is 18.9 Å². The summed E-state index contributed by atoms with van der Waals surface area (Å²) in [5.74, 6) is -0.414. The van der Waals surface area contributed by atoms with E-state index in [0.717, 1.165) is 12.1 Å². The summed E-state index contributed by atoms with van der Waals surface area (Å²) in [5, 5.41) is 2.02. The maximum Gasteiger partial charge on any atom is 0.417 e. The third-order valence-electron chi connectivity index (χ3n) is 5.14. The number of rotatable bonds is 6. The molecule has 0 atom stereocenters. The van der Waals surface area contributed by atoms with Crippen LogP contribution in [0.15, 0.2) is 47.4 Å². The van der Waals surface area contributed by atoms with E-state index in [1.807, 2.05) is 6.92 Å². The van der Waals surface area contributed by atoms with Crippen molar-refractivity contribution in [1.29, 1.82) is 0 Å². The average Bonchev–Trinajstić information content (AvgIpc) is 2.75. The number of nitrogens with zero attached hydrogens (tertiary/aromatic N) is 1. The molecule has 0 unspecified atom stereocenters. The Kier molecular flexibility index (Phi) is 7.36. The smallest absolute Gasteiger partial charge is 0.417 e. The lowest BCUT2D eigenvalue weighted by atomic mass is 9.97. The Bertz CT molecular complexity index is 1070. The van der Waals surface area contributed by atoms with Gasteiger partial charge in [-0.1, -0.05) is 11.6 Å². The van der Waals surface area contributed by atoms with Gasteiger partial charge in [-0.25, -0.2) is 8.42 Å². The first kappa shape index (κ1) is 24.3. The van der Waals surface area contributed by atoms with Gasteiger partial charge >= 0.3 is 6.18 Å². The van der Waals surface area contributed by atoms with E-state index in [-0.39, 0.29) is 36.5 Å². The van der Waals surface area contributed by atoms with E-state index >= 15 is 0 Å². The van der Waals surface area contributed by atoms with Crippen LogP contribution in [0.25, 0.3) is 0 Å². The van der Waals surface area contributed by atoms with Gasteiger partial charge in [-0.05, 0) is 62.2 Å². The van der Waals surface area contributed by atoms with E-state index < -0.39 is 38.6 Å². The summed E-state index contributed by atoms with van der Waals surface area (Å²) in [4.78, 5) is 12.7. The maximum absolute atomic E-state index is 13.0. The minimum Gasteiger partial charge on any atom is -0.494 e. The molecule has 2 aromatic carbocycles. The molecule has 174 valence electrons. The normalized spacial score (nSPS) is 16.0. The summed E-state index contributed by atoms with van der Waals surface area (Å²) in [5.41, 5.74) is -1.05. The molecule has 32 heavy (non-hydrogen) atoms. The van der Waals surface area contributed by atoms with Crippen molar-refractivity contribution in [3.8, 4) is 5.75 Å². The molecule has 0 bridgehead atoms. The standard InChI is InChI=1S/C21H22ClF3N2O4S/c1-2-31-16-4-6-17(7-5-16)32(29,30)27-11-9-14(10-12-27)20(28)26-15-3-8-19(22)18(13-15)21(23,24)25/h3-8,13-14H,2,9-12H2,1H3,(H,26,28). The molecule has 1 saturated heterocycles. The predicted octanol–water partition coefficient (Wildman–Crippen LogP) is 4.80. The summed E-state index contributed by atoms with van der Waals surface area (Å²) in [7, 11) is -3.72. The summed E-state index contributed by atoms with van der Waals surface area (Å²) in [6.45, 7) is 2.55. The van der Waals surface area contributed by atoms with Crippen LogP contribution < -0.4 is 10.1 Å². The summed E-state index contributed by atoms with van der Waals surface area (Å²) in [6.07, 6.45) is -4.14. The Labute approximate surface area is 189 Å². The van der Waals surface area contributed by atoms with Crippen LogP contribution in [-0.4, -0.2) is 38.3 Å². The largest absolute Gasteiger partial charge is 0.494 e. The quantitative estimate of drug-likeness (QED) is 0.631. The van der Waals surface area contributed by atoms with E-state index in [4.69, 9.17) is 16.3 Å². The molecule has 1 fully saturated rings. The molecule has 0 radical (unpaired) electrons. The fraction of sp³-hybridized carbons (Fsp3) is 0.381. The number of anilines is 1. The number of alkyl halides is 3. The van der Waals surface area contributed by atoms with E-state index in [1.54, 1.807) is 12.1 Å². The highest BCUT2D eigenvalue weighted by molar-refractivity contribution is 7.89. The Balaban J connectivity index is 1.62. The Morgan fingerprint density at radius 2 is 1.78 bits per heavy atom. The molecule has 0 saturated carbocycles. The second-order valence-electron chi connectivity index (χ2n) is 7.26. The first-order chi connectivity index (χ1) is 15.0. The number of carbonyl (C=O) groups is 1. The van der Waals surface area contributed by atoms with Gasteiger partial charge < -0.3 is 10.1 Å². The molecule has 2 aromatic rings. The number of hydrogen-bond donors (Lipinski definition) is 1. The molecule has 0 aromatic heterocycles. The maximum atomic E-state index is 13.0. The van der Waals surface area contributed by atoms with Crippen LogP contribution >= 0.6 is 11.6 Å². The number of hydrogen-bond acceptors (Lipinski definition) is 4. The minimum atomic E-state index is -4.64. The summed E-state index contributed by atoms with van der Waals surface area (Å²) in [6, 6.07) is 9.25. The van der Waals surface area contributed by atoms with Crippen molar-refractivity contribution in [2.45, 2.75) is 30.8 Å². The molecular weight excluding hydrogens is 469 g/mol. The topological polar surface area (TPSA) is 75.7 Å². The fourth-order valence-electron chi connectivity index (χ4n) is 3.45. The van der Waals surface area contributed by atoms with Crippen molar-refractivity contribution < 1.29 is 31.1 Å². The van der Waals surface area contributed by atoms with Crippen molar-refractivity contribution in [3.63, 3.8) is 0 Å². The number of sulfonamides is 1. The number of benzene rings is 2. The van der Waals surface area contributed by atoms with Crippen molar-refractivity contribution in [2.75, 3.05) is 25.0 Å². The highest BCUT2D eigenvalue weighted by Crippen LogP contribution is 2.36. The number of amides is 1. The van der Waals surface area contributed by atoms with Gasteiger partial charge in [-0.2, -0.15) is 17.5 Å². The zero-order valence-electron chi connectivity index (χ0n) is 17.2. The number of nitrogens with one attached hydrogen (secondary N) is 1. The van der Waals surface area contributed by atoms with Gasteiger partial charge in [0.15, 0.2) is 0 Å². The Morgan fingerprint density at radius 1 is 1.16 bits per heavy atom. The van der Waals surface area contributed by atoms with Crippen LogP contribution in [0.2, 0.25) is 5.02 Å². The van der Waals surface area contributed by atoms with Crippen molar-refractivity contribution in [3.05, 3.63) is 53.1 Å². The molecule has 3 rings (SSSR count). The van der Waals surface area contributed by atoms with Gasteiger partial charge in [-0.3, -0.25) is 4.79 Å². The van der Waals surface area contributed by atoms with Crippen LogP contribution in [0.3, 0.4) is 0 Å². The second-order valence-corrected chi connectivity index (χ2v) is 9.61. The number of carbonyl (C=O) groups excluding carboxylic acids is 1. The molecule has 0 spiro atoms. The van der Waals surface area contributed by atoms with E-state index in [0.29, 0.717) is 12.4 Å². The van der Waals surface area contributed by atoms with Gasteiger partial charge in [0.2, 0.25) is 15.9 Å². The van der Waals surface area contributed by atoms with Gasteiger partial charge in [0.25, 0.3) is 0 Å². The number of piperidine rings is 1. The van der Waals surface area contributed by atoms with E-state index in [1.165, 1.54) is 22.5 Å². The molecule has 1 aliphatic heterocycles. The highest BCUT2D eigenvalue weighted by Gasteiger charge is 2.35. The fourth-order valence-corrected chi connectivity index (χ4v) is 5.14. The minimum absolute atomic E-state index is 0.0174. The lowest BCUT2D eigenvalue weighted by Crippen LogP contribution is -2.41. The molecule has 1 aliphatic rings. The number of halogens is 4. The molecule has 0 aliphatic carbocycles.